The predicted molar refractivity (Wildman–Crippen MR) is 141 cm³/mol. The van der Waals surface area contributed by atoms with Crippen LogP contribution in [-0.4, -0.2) is 65.1 Å². The number of aromatic nitrogens is 1. The largest absolute Gasteiger partial charge is 0.494 e. The first kappa shape index (κ1) is 28.5. The number of alkyl carbamates (subject to hydrolysis) is 1. The summed E-state index contributed by atoms with van der Waals surface area (Å²) < 4.78 is 17.0. The van der Waals surface area contributed by atoms with Gasteiger partial charge in [-0.25, -0.2) is 9.78 Å². The number of pyridine rings is 1. The Kier molecular flexibility index (Phi) is 8.27. The van der Waals surface area contributed by atoms with Crippen molar-refractivity contribution < 1.29 is 28.6 Å². The van der Waals surface area contributed by atoms with Gasteiger partial charge in [0.15, 0.2) is 5.78 Å². The fourth-order valence-electron chi connectivity index (χ4n) is 4.33. The average molecular weight is 534 g/mol. The lowest BCUT2D eigenvalue weighted by Crippen LogP contribution is -2.57. The zero-order valence-electron chi connectivity index (χ0n) is 22.7. The summed E-state index contributed by atoms with van der Waals surface area (Å²) in [6.45, 7) is 12.4. The average Bonchev–Trinajstić information content (AvgIpc) is 3.19. The van der Waals surface area contributed by atoms with Crippen LogP contribution in [0.1, 0.15) is 54.9 Å². The predicted octanol–water partition coefficient (Wildman–Crippen LogP) is 4.77. The number of carbonyl (C=O) groups is 3. The Morgan fingerprint density at radius 2 is 1.81 bits per heavy atom. The molecular weight excluding hydrogens is 498 g/mol. The highest BCUT2D eigenvalue weighted by molar-refractivity contribution is 6.31. The summed E-state index contributed by atoms with van der Waals surface area (Å²) in [5, 5.41) is 4.66. The van der Waals surface area contributed by atoms with E-state index in [0.717, 1.165) is 5.39 Å². The molecule has 0 spiro atoms. The van der Waals surface area contributed by atoms with Crippen LogP contribution in [0.15, 0.2) is 24.4 Å². The molecule has 10 heteroatoms. The van der Waals surface area contributed by atoms with Crippen LogP contribution in [0.4, 0.5) is 4.79 Å². The molecule has 0 bridgehead atoms. The monoisotopic (exact) mass is 533 g/mol. The first-order valence-electron chi connectivity index (χ1n) is 12.2. The van der Waals surface area contributed by atoms with Gasteiger partial charge in [-0.05, 0) is 51.3 Å². The molecule has 1 aliphatic rings. The third-order valence-electron chi connectivity index (χ3n) is 6.06. The van der Waals surface area contributed by atoms with Crippen LogP contribution in [0.5, 0.6) is 11.6 Å². The highest BCUT2D eigenvalue weighted by Crippen LogP contribution is 2.35. The molecule has 1 N–H and O–H groups in total. The summed E-state index contributed by atoms with van der Waals surface area (Å²) in [6.07, 6.45) is 0.660. The highest BCUT2D eigenvalue weighted by atomic mass is 35.5. The van der Waals surface area contributed by atoms with Crippen LogP contribution >= 0.6 is 11.6 Å². The Labute approximate surface area is 222 Å². The van der Waals surface area contributed by atoms with Gasteiger partial charge in [0.2, 0.25) is 11.8 Å². The van der Waals surface area contributed by atoms with Crippen molar-refractivity contribution >= 4 is 40.2 Å². The molecule has 2 aromatic rings. The van der Waals surface area contributed by atoms with Crippen molar-refractivity contribution in [1.82, 2.24) is 15.2 Å². The third-order valence-corrected chi connectivity index (χ3v) is 6.30. The van der Waals surface area contributed by atoms with Crippen molar-refractivity contribution in [3.63, 3.8) is 0 Å². The van der Waals surface area contributed by atoms with Crippen molar-refractivity contribution in [2.45, 2.75) is 78.7 Å². The quantitative estimate of drug-likeness (QED) is 0.569. The zero-order valence-corrected chi connectivity index (χ0v) is 23.4. The lowest BCUT2D eigenvalue weighted by molar-refractivity contribution is -0.141. The minimum absolute atomic E-state index is 0.154. The zero-order chi connectivity index (χ0) is 27.7. The molecule has 2 heterocycles. The molecule has 202 valence electrons. The summed E-state index contributed by atoms with van der Waals surface area (Å²) in [7, 11) is 1.56. The number of hydrogen-bond acceptors (Lipinski definition) is 7. The van der Waals surface area contributed by atoms with Crippen molar-refractivity contribution in [3.8, 4) is 11.6 Å². The second-order valence-electron chi connectivity index (χ2n) is 11.4. The van der Waals surface area contributed by atoms with Crippen molar-refractivity contribution in [3.05, 3.63) is 29.4 Å². The number of likely N-dealkylation sites (tertiary alicyclic amines) is 1. The molecule has 3 atom stereocenters. The van der Waals surface area contributed by atoms with Crippen LogP contribution < -0.4 is 14.8 Å². The smallest absolute Gasteiger partial charge is 0.408 e. The molecule has 1 aliphatic heterocycles. The maximum absolute atomic E-state index is 13.7. The molecule has 1 aromatic carbocycles. The number of ketones is 1. The molecule has 0 saturated carbocycles. The molecule has 3 rings (SSSR count). The van der Waals surface area contributed by atoms with Gasteiger partial charge in [-0.3, -0.25) is 9.59 Å². The Hall–Kier alpha value is -3.07. The number of rotatable bonds is 6. The van der Waals surface area contributed by atoms with Crippen LogP contribution in [0.3, 0.4) is 0 Å². The van der Waals surface area contributed by atoms with E-state index in [-0.39, 0.29) is 18.2 Å². The minimum atomic E-state index is -0.915. The van der Waals surface area contributed by atoms with E-state index in [1.54, 1.807) is 46.2 Å². The van der Waals surface area contributed by atoms with Gasteiger partial charge < -0.3 is 24.4 Å². The van der Waals surface area contributed by atoms with Gasteiger partial charge in [-0.2, -0.15) is 0 Å². The van der Waals surface area contributed by atoms with E-state index in [4.69, 9.17) is 25.8 Å². The second kappa shape index (κ2) is 10.7. The van der Waals surface area contributed by atoms with Gasteiger partial charge in [0.05, 0.1) is 25.9 Å². The maximum atomic E-state index is 13.7. The SMILES string of the molecule is COc1cnc(OC2CC(C(C)=O)N(C(=O)C(NC(=O)OC(C)(C)C)C(C)(C)C)C2)c2cc(Cl)ccc12. The Bertz CT molecular complexity index is 1190. The molecule has 2 amide bonds. The lowest BCUT2D eigenvalue weighted by atomic mass is 9.85. The summed E-state index contributed by atoms with van der Waals surface area (Å²) in [6, 6.07) is 3.70. The fourth-order valence-corrected chi connectivity index (χ4v) is 4.50. The summed E-state index contributed by atoms with van der Waals surface area (Å²) in [4.78, 5) is 44.7. The van der Waals surface area contributed by atoms with Crippen LogP contribution in [0.2, 0.25) is 5.02 Å². The highest BCUT2D eigenvalue weighted by Gasteiger charge is 2.45. The number of amides is 2. The number of nitrogens with one attached hydrogen (secondary N) is 1. The van der Waals surface area contributed by atoms with E-state index < -0.39 is 35.3 Å². The fraction of sp³-hybridized carbons (Fsp3) is 0.556. The van der Waals surface area contributed by atoms with E-state index in [2.05, 4.69) is 10.3 Å². The topological polar surface area (TPSA) is 107 Å². The Morgan fingerprint density at radius 1 is 1.14 bits per heavy atom. The summed E-state index contributed by atoms with van der Waals surface area (Å²) >= 11 is 6.22. The normalized spacial score (nSPS) is 18.9. The molecule has 3 unspecified atom stereocenters. The molecule has 37 heavy (non-hydrogen) atoms. The van der Waals surface area contributed by atoms with Gasteiger partial charge >= 0.3 is 6.09 Å². The Balaban J connectivity index is 1.87. The number of methoxy groups -OCH3 is 1. The number of hydrogen-bond donors (Lipinski definition) is 1. The Morgan fingerprint density at radius 3 is 2.38 bits per heavy atom. The third kappa shape index (κ3) is 6.83. The van der Waals surface area contributed by atoms with E-state index >= 15 is 0 Å². The van der Waals surface area contributed by atoms with E-state index in [1.807, 2.05) is 26.8 Å². The van der Waals surface area contributed by atoms with Gasteiger partial charge in [-0.15, -0.1) is 0 Å². The van der Waals surface area contributed by atoms with Gasteiger partial charge in [0, 0.05) is 22.2 Å². The number of nitrogens with zero attached hydrogens (tertiary/aromatic N) is 2. The van der Waals surface area contributed by atoms with Crippen LogP contribution in [0.25, 0.3) is 10.8 Å². The number of fused-ring (bicyclic) bond motifs is 1. The molecule has 9 nitrogen and oxygen atoms in total. The summed E-state index contributed by atoms with van der Waals surface area (Å²) in [5.74, 6) is 0.365. The lowest BCUT2D eigenvalue weighted by Gasteiger charge is -2.35. The van der Waals surface area contributed by atoms with Gasteiger partial charge in [0.25, 0.3) is 0 Å². The van der Waals surface area contributed by atoms with Crippen LogP contribution in [-0.2, 0) is 14.3 Å². The molecule has 0 aliphatic carbocycles. The number of carbonyl (C=O) groups excluding carboxylic acids is 3. The van der Waals surface area contributed by atoms with Crippen molar-refractivity contribution in [2.24, 2.45) is 5.41 Å². The van der Waals surface area contributed by atoms with E-state index in [9.17, 15) is 14.4 Å². The van der Waals surface area contributed by atoms with E-state index in [1.165, 1.54) is 11.8 Å². The number of Topliss-reactive ketones (excluding diaryl/α,β-unsaturated/α-hetero) is 1. The van der Waals surface area contributed by atoms with Gasteiger partial charge in [-0.1, -0.05) is 32.4 Å². The van der Waals surface area contributed by atoms with Crippen LogP contribution in [0, 0.1) is 5.41 Å². The molecule has 1 saturated heterocycles. The molecular formula is C27H36ClN3O6. The van der Waals surface area contributed by atoms with Crippen molar-refractivity contribution in [2.75, 3.05) is 13.7 Å². The number of benzene rings is 1. The van der Waals surface area contributed by atoms with Gasteiger partial charge in [0.1, 0.15) is 23.5 Å². The minimum Gasteiger partial charge on any atom is -0.494 e. The standard InChI is InChI=1S/C27H36ClN3O6/c1-15(32)20-12-17(36-23-19-11-16(28)9-10-18(19)21(35-8)13-29-23)14-31(20)24(33)22(26(2,3)4)30-25(34)37-27(5,6)7/h9-11,13,17,20,22H,12,14H2,1-8H3,(H,30,34). The van der Waals surface area contributed by atoms with E-state index in [0.29, 0.717) is 28.5 Å². The first-order chi connectivity index (χ1) is 17.1. The maximum Gasteiger partial charge on any atom is 0.408 e. The second-order valence-corrected chi connectivity index (χ2v) is 11.8. The summed E-state index contributed by atoms with van der Waals surface area (Å²) in [5.41, 5.74) is -1.36. The number of ether oxygens (including phenoxy) is 3. The first-order valence-corrected chi connectivity index (χ1v) is 12.6. The molecule has 0 radical (unpaired) electrons. The van der Waals surface area contributed by atoms with Crippen molar-refractivity contribution in [1.29, 1.82) is 0 Å². The molecule has 1 fully saturated rings. The number of halogens is 1. The molecule has 1 aromatic heterocycles.